The van der Waals surface area contributed by atoms with E-state index in [1.807, 2.05) is 20.8 Å². The van der Waals surface area contributed by atoms with Crippen LogP contribution in [0.1, 0.15) is 40.5 Å². The van der Waals surface area contributed by atoms with E-state index in [1.54, 1.807) is 6.92 Å². The molecule has 0 aliphatic carbocycles. The number of hydrogen-bond acceptors (Lipinski definition) is 7. The van der Waals surface area contributed by atoms with Gasteiger partial charge in [-0.15, -0.1) is 0 Å². The molecule has 0 aromatic carbocycles. The maximum atomic E-state index is 12.7. The molecule has 0 spiro atoms. The lowest BCUT2D eigenvalue weighted by Gasteiger charge is -2.28. The van der Waals surface area contributed by atoms with Gasteiger partial charge in [0, 0.05) is 0 Å². The van der Waals surface area contributed by atoms with Gasteiger partial charge in [-0.2, -0.15) is 0 Å². The number of nitrogens with one attached hydrogen (secondary N) is 2. The molecule has 0 bridgehead atoms. The van der Waals surface area contributed by atoms with Crippen LogP contribution in [0.3, 0.4) is 0 Å². The predicted octanol–water partition coefficient (Wildman–Crippen LogP) is -0.342. The van der Waals surface area contributed by atoms with E-state index in [0.717, 1.165) is 7.11 Å². The minimum absolute atomic E-state index is 0.0971. The first kappa shape index (κ1) is 26.5. The summed E-state index contributed by atoms with van der Waals surface area (Å²) in [5.41, 5.74) is 5.90. The summed E-state index contributed by atoms with van der Waals surface area (Å²) >= 11 is 0. The van der Waals surface area contributed by atoms with Crippen molar-refractivity contribution in [3.8, 4) is 0 Å². The lowest BCUT2D eigenvalue weighted by atomic mass is 9.95. The van der Waals surface area contributed by atoms with Crippen LogP contribution in [-0.4, -0.2) is 59.4 Å². The van der Waals surface area contributed by atoms with Gasteiger partial charge in [-0.05, 0) is 11.8 Å². The summed E-state index contributed by atoms with van der Waals surface area (Å²) in [5.74, 6) is -2.57. The monoisotopic (exact) mass is 425 g/mol. The number of carbonyl (C=O) groups excluding carboxylic acids is 3. The van der Waals surface area contributed by atoms with Gasteiger partial charge in [0.25, 0.3) is 0 Å². The van der Waals surface area contributed by atoms with Gasteiger partial charge < -0.3 is 30.9 Å². The van der Waals surface area contributed by atoms with Crippen LogP contribution in [0.5, 0.6) is 0 Å². The van der Waals surface area contributed by atoms with E-state index in [-0.39, 0.29) is 11.8 Å². The zero-order chi connectivity index (χ0) is 22.1. The standard InChI is InChI=1S/C16H32N3O8P/c1-6-9(3)12(17)14(20)19-13(10(4)7-2)15(21)18-11(16(22)26-5)8-27-28(23,24)25/h9-13H,6-8,17H2,1-5H3,(H,18,21)(H,19,20)(H2,23,24,25)/t9-,10-,11-,12-,13-/m0/s1. The zero-order valence-corrected chi connectivity index (χ0v) is 17.8. The number of phosphoric acid groups is 1. The normalized spacial score (nSPS) is 17.0. The van der Waals surface area contributed by atoms with Crippen LogP contribution in [0.25, 0.3) is 0 Å². The van der Waals surface area contributed by atoms with Gasteiger partial charge >= 0.3 is 13.8 Å². The first-order chi connectivity index (χ1) is 12.9. The van der Waals surface area contributed by atoms with Crippen molar-refractivity contribution in [1.29, 1.82) is 0 Å². The number of phosphoric ester groups is 1. The van der Waals surface area contributed by atoms with Crippen molar-refractivity contribution in [3.63, 3.8) is 0 Å². The second-order valence-electron chi connectivity index (χ2n) is 6.65. The average Bonchev–Trinajstić information content (AvgIpc) is 2.65. The Balaban J connectivity index is 5.32. The van der Waals surface area contributed by atoms with E-state index in [1.165, 1.54) is 0 Å². The van der Waals surface area contributed by atoms with Gasteiger partial charge in [0.2, 0.25) is 11.8 Å². The second kappa shape index (κ2) is 12.1. The summed E-state index contributed by atoms with van der Waals surface area (Å²) in [5, 5.41) is 4.90. The van der Waals surface area contributed by atoms with Crippen molar-refractivity contribution >= 4 is 25.6 Å². The fourth-order valence-electron chi connectivity index (χ4n) is 2.21. The van der Waals surface area contributed by atoms with Crippen LogP contribution in [-0.2, 0) is 28.2 Å². The Hall–Kier alpha value is -1.52. The highest BCUT2D eigenvalue weighted by Crippen LogP contribution is 2.35. The molecule has 0 heterocycles. The Morgan fingerprint density at radius 2 is 1.57 bits per heavy atom. The van der Waals surface area contributed by atoms with Crippen LogP contribution in [0.4, 0.5) is 0 Å². The zero-order valence-electron chi connectivity index (χ0n) is 16.9. The first-order valence-electron chi connectivity index (χ1n) is 9.02. The van der Waals surface area contributed by atoms with Gasteiger partial charge in [-0.3, -0.25) is 14.1 Å². The van der Waals surface area contributed by atoms with Gasteiger partial charge in [-0.1, -0.05) is 40.5 Å². The molecule has 0 aromatic heterocycles. The van der Waals surface area contributed by atoms with Gasteiger partial charge in [0.15, 0.2) is 6.04 Å². The minimum atomic E-state index is -4.86. The Bertz CT molecular complexity index is 582. The SMILES string of the molecule is CC[C@H](C)[C@H](N)C(=O)N[C@H](C(=O)N[C@@H](COP(=O)(O)O)C(=O)OC)[C@@H](C)CC. The number of amides is 2. The highest BCUT2D eigenvalue weighted by molar-refractivity contribution is 7.46. The molecule has 11 nitrogen and oxygen atoms in total. The average molecular weight is 425 g/mol. The summed E-state index contributed by atoms with van der Waals surface area (Å²) in [6.45, 7) is 6.46. The van der Waals surface area contributed by atoms with E-state index in [2.05, 4.69) is 19.9 Å². The number of ether oxygens (including phenoxy) is 1. The molecule has 12 heteroatoms. The van der Waals surface area contributed by atoms with E-state index in [4.69, 9.17) is 15.5 Å². The van der Waals surface area contributed by atoms with Crippen LogP contribution in [0.2, 0.25) is 0 Å². The summed E-state index contributed by atoms with van der Waals surface area (Å²) < 4.78 is 19.7. The van der Waals surface area contributed by atoms with Crippen molar-refractivity contribution in [2.24, 2.45) is 17.6 Å². The molecular weight excluding hydrogens is 393 g/mol. The smallest absolute Gasteiger partial charge is 0.467 e. The fourth-order valence-corrected chi connectivity index (χ4v) is 2.55. The molecule has 0 saturated heterocycles. The minimum Gasteiger partial charge on any atom is -0.467 e. The maximum Gasteiger partial charge on any atom is 0.469 e. The number of methoxy groups -OCH3 is 1. The molecule has 0 saturated carbocycles. The van der Waals surface area contributed by atoms with Crippen LogP contribution >= 0.6 is 7.82 Å². The van der Waals surface area contributed by atoms with Crippen molar-refractivity contribution in [2.45, 2.75) is 58.7 Å². The molecular formula is C16H32N3O8P. The van der Waals surface area contributed by atoms with Gasteiger partial charge in [0.05, 0.1) is 19.8 Å². The Morgan fingerprint density at radius 3 is 2.00 bits per heavy atom. The summed E-state index contributed by atoms with van der Waals surface area (Å²) in [4.78, 5) is 54.5. The van der Waals surface area contributed by atoms with Crippen molar-refractivity contribution in [1.82, 2.24) is 10.6 Å². The summed E-state index contributed by atoms with van der Waals surface area (Å²) in [6.07, 6.45) is 1.22. The van der Waals surface area contributed by atoms with Crippen molar-refractivity contribution < 1.29 is 38.0 Å². The predicted molar refractivity (Wildman–Crippen MR) is 101 cm³/mol. The van der Waals surface area contributed by atoms with Crippen LogP contribution in [0.15, 0.2) is 0 Å². The number of carbonyl (C=O) groups is 3. The molecule has 0 aromatic rings. The van der Waals surface area contributed by atoms with Gasteiger partial charge in [0.1, 0.15) is 6.04 Å². The lowest BCUT2D eigenvalue weighted by Crippen LogP contribution is -2.58. The van der Waals surface area contributed by atoms with Gasteiger partial charge in [-0.25, -0.2) is 9.36 Å². The third-order valence-electron chi connectivity index (χ3n) is 4.56. The Morgan fingerprint density at radius 1 is 1.04 bits per heavy atom. The summed E-state index contributed by atoms with van der Waals surface area (Å²) in [6, 6.07) is -3.27. The third kappa shape index (κ3) is 9.11. The van der Waals surface area contributed by atoms with Crippen LogP contribution in [0, 0.1) is 11.8 Å². The molecule has 0 rings (SSSR count). The molecule has 164 valence electrons. The first-order valence-corrected chi connectivity index (χ1v) is 10.5. The van der Waals surface area contributed by atoms with E-state index >= 15 is 0 Å². The molecule has 0 unspecified atom stereocenters. The van der Waals surface area contributed by atoms with E-state index in [0.29, 0.717) is 12.8 Å². The van der Waals surface area contributed by atoms with E-state index < -0.39 is 50.3 Å². The van der Waals surface area contributed by atoms with Crippen molar-refractivity contribution in [3.05, 3.63) is 0 Å². The Labute approximate surface area is 165 Å². The number of hydrogen-bond donors (Lipinski definition) is 5. The molecule has 2 amide bonds. The third-order valence-corrected chi connectivity index (χ3v) is 5.05. The molecule has 0 aliphatic heterocycles. The molecule has 0 fully saturated rings. The topological polar surface area (TPSA) is 177 Å². The highest BCUT2D eigenvalue weighted by Gasteiger charge is 2.33. The number of nitrogens with two attached hydrogens (primary N) is 1. The highest BCUT2D eigenvalue weighted by atomic mass is 31.2. The van der Waals surface area contributed by atoms with E-state index in [9.17, 15) is 18.9 Å². The molecule has 28 heavy (non-hydrogen) atoms. The molecule has 5 atom stereocenters. The molecule has 0 aliphatic rings. The lowest BCUT2D eigenvalue weighted by molar-refractivity contribution is -0.146. The second-order valence-corrected chi connectivity index (χ2v) is 7.89. The largest absolute Gasteiger partial charge is 0.469 e. The number of esters is 1. The maximum absolute atomic E-state index is 12.7. The van der Waals surface area contributed by atoms with Crippen LogP contribution < -0.4 is 16.4 Å². The quantitative estimate of drug-likeness (QED) is 0.207. The summed E-state index contributed by atoms with van der Waals surface area (Å²) in [7, 11) is -3.80. The molecule has 0 radical (unpaired) electrons. The number of rotatable bonds is 12. The Kier molecular flexibility index (Phi) is 11.5. The fraction of sp³-hybridized carbons (Fsp3) is 0.812. The van der Waals surface area contributed by atoms with Crippen molar-refractivity contribution in [2.75, 3.05) is 13.7 Å². The molecule has 6 N–H and O–H groups in total.